The van der Waals surface area contributed by atoms with Crippen molar-refractivity contribution in [3.63, 3.8) is 0 Å². The van der Waals surface area contributed by atoms with E-state index in [1.807, 2.05) is 54.6 Å². The molecule has 0 amide bonds. The second kappa shape index (κ2) is 8.55. The fourth-order valence-electron chi connectivity index (χ4n) is 2.93. The van der Waals surface area contributed by atoms with E-state index in [4.69, 9.17) is 10.5 Å². The van der Waals surface area contributed by atoms with Gasteiger partial charge in [-0.15, -0.1) is 0 Å². The molecule has 0 atom stereocenters. The first-order valence-electron chi connectivity index (χ1n) is 9.22. The summed E-state index contributed by atoms with van der Waals surface area (Å²) in [6.45, 7) is 0. The van der Waals surface area contributed by atoms with Crippen molar-refractivity contribution in [1.82, 2.24) is 9.97 Å². The van der Waals surface area contributed by atoms with Gasteiger partial charge in [-0.2, -0.15) is 15.5 Å². The Kier molecular flexibility index (Phi) is 5.32. The number of anilines is 4. The molecule has 0 spiro atoms. The molecule has 3 aromatic carbocycles. The first-order valence-corrected chi connectivity index (χ1v) is 9.22. The van der Waals surface area contributed by atoms with Crippen LogP contribution in [0.4, 0.5) is 23.1 Å². The Hall–Kier alpha value is -4.68. The molecule has 142 valence electrons. The third-order valence-corrected chi connectivity index (χ3v) is 4.31. The van der Waals surface area contributed by atoms with Crippen LogP contribution in [-0.4, -0.2) is 9.97 Å². The van der Waals surface area contributed by atoms with Crippen molar-refractivity contribution in [3.05, 3.63) is 96.1 Å². The molecule has 1 aromatic heterocycles. The highest BCUT2D eigenvalue weighted by Gasteiger charge is 2.08. The van der Waals surface area contributed by atoms with E-state index >= 15 is 0 Å². The smallest absolute Gasteiger partial charge is 0.229 e. The molecule has 1 heterocycles. The molecule has 0 aliphatic rings. The maximum Gasteiger partial charge on any atom is 0.229 e. The highest BCUT2D eigenvalue weighted by molar-refractivity contribution is 5.69. The Morgan fingerprint density at radius 1 is 0.633 bits per heavy atom. The number of nitrogens with one attached hydrogen (secondary N) is 2. The monoisotopic (exact) mass is 388 g/mol. The minimum Gasteiger partial charge on any atom is -0.340 e. The van der Waals surface area contributed by atoms with Gasteiger partial charge in [-0.3, -0.25) is 0 Å². The highest BCUT2D eigenvalue weighted by Crippen LogP contribution is 2.25. The molecule has 0 radical (unpaired) electrons. The highest BCUT2D eigenvalue weighted by atomic mass is 15.1. The van der Waals surface area contributed by atoms with Gasteiger partial charge in [-0.25, -0.2) is 4.98 Å². The lowest BCUT2D eigenvalue weighted by atomic mass is 10.1. The van der Waals surface area contributed by atoms with Crippen molar-refractivity contribution in [2.24, 2.45) is 0 Å². The zero-order valence-electron chi connectivity index (χ0n) is 15.9. The number of rotatable bonds is 5. The van der Waals surface area contributed by atoms with E-state index in [2.05, 4.69) is 32.7 Å². The summed E-state index contributed by atoms with van der Waals surface area (Å²) in [5.74, 6) is 0.975. The molecule has 0 fully saturated rings. The Labute approximate surface area is 174 Å². The van der Waals surface area contributed by atoms with Crippen LogP contribution in [0, 0.1) is 22.7 Å². The molecule has 0 unspecified atom stereocenters. The van der Waals surface area contributed by atoms with Crippen LogP contribution >= 0.6 is 0 Å². The Balaban J connectivity index is 1.72. The van der Waals surface area contributed by atoms with Crippen LogP contribution in [0.5, 0.6) is 0 Å². The van der Waals surface area contributed by atoms with Gasteiger partial charge in [0.25, 0.3) is 0 Å². The van der Waals surface area contributed by atoms with E-state index in [1.54, 1.807) is 30.3 Å². The van der Waals surface area contributed by atoms with E-state index in [-0.39, 0.29) is 0 Å². The van der Waals surface area contributed by atoms with Gasteiger partial charge in [0, 0.05) is 23.0 Å². The minimum absolute atomic E-state index is 0.394. The van der Waals surface area contributed by atoms with Gasteiger partial charge in [0.15, 0.2) is 0 Å². The zero-order valence-corrected chi connectivity index (χ0v) is 15.9. The quantitative estimate of drug-likeness (QED) is 0.477. The van der Waals surface area contributed by atoms with Crippen molar-refractivity contribution in [2.45, 2.75) is 0 Å². The van der Waals surface area contributed by atoms with Crippen LogP contribution in [0.15, 0.2) is 84.9 Å². The summed E-state index contributed by atoms with van der Waals surface area (Å²) in [5, 5.41) is 24.7. The molecule has 0 saturated carbocycles. The number of nitrogens with zero attached hydrogens (tertiary/aromatic N) is 4. The molecule has 6 nitrogen and oxygen atoms in total. The van der Waals surface area contributed by atoms with Gasteiger partial charge in [-0.05, 0) is 36.4 Å². The van der Waals surface area contributed by atoms with Gasteiger partial charge >= 0.3 is 0 Å². The maximum atomic E-state index is 9.14. The van der Waals surface area contributed by atoms with Gasteiger partial charge in [-0.1, -0.05) is 42.5 Å². The predicted octanol–water partition coefficient (Wildman–Crippen LogP) is 5.37. The fraction of sp³-hybridized carbons (Fsp3) is 0. The van der Waals surface area contributed by atoms with E-state index in [0.29, 0.717) is 22.9 Å². The summed E-state index contributed by atoms with van der Waals surface area (Å²) in [6.07, 6.45) is 0. The molecule has 4 rings (SSSR count). The molecule has 30 heavy (non-hydrogen) atoms. The van der Waals surface area contributed by atoms with Gasteiger partial charge in [0.05, 0.1) is 29.0 Å². The second-order valence-electron chi connectivity index (χ2n) is 6.46. The topological polar surface area (TPSA) is 97.4 Å². The largest absolute Gasteiger partial charge is 0.340 e. The summed E-state index contributed by atoms with van der Waals surface area (Å²) in [6, 6.07) is 30.2. The van der Waals surface area contributed by atoms with E-state index in [1.165, 1.54) is 0 Å². The molecule has 2 N–H and O–H groups in total. The first kappa shape index (κ1) is 18.7. The Morgan fingerprint density at radius 2 is 1.27 bits per heavy atom. The summed E-state index contributed by atoms with van der Waals surface area (Å²) < 4.78 is 0. The first-order chi connectivity index (χ1) is 14.7. The zero-order chi connectivity index (χ0) is 20.8. The van der Waals surface area contributed by atoms with Crippen molar-refractivity contribution in [2.75, 3.05) is 10.6 Å². The minimum atomic E-state index is 0.394. The van der Waals surface area contributed by atoms with E-state index in [0.717, 1.165) is 22.6 Å². The molecular weight excluding hydrogens is 372 g/mol. The van der Waals surface area contributed by atoms with Crippen LogP contribution in [0.2, 0.25) is 0 Å². The number of hydrogen-bond donors (Lipinski definition) is 2. The lowest BCUT2D eigenvalue weighted by Gasteiger charge is -2.12. The Morgan fingerprint density at radius 3 is 1.90 bits per heavy atom. The Bertz CT molecular complexity index is 1190. The molecule has 6 heteroatoms. The molecule has 0 bridgehead atoms. The number of nitriles is 2. The molecule has 0 aliphatic heterocycles. The molecule has 0 aliphatic carbocycles. The number of aromatic nitrogens is 2. The van der Waals surface area contributed by atoms with E-state index < -0.39 is 0 Å². The molecule has 4 aromatic rings. The van der Waals surface area contributed by atoms with Crippen LogP contribution < -0.4 is 10.6 Å². The fourth-order valence-corrected chi connectivity index (χ4v) is 2.93. The van der Waals surface area contributed by atoms with Crippen molar-refractivity contribution >= 4 is 23.1 Å². The molecular formula is C24H16N6. The van der Waals surface area contributed by atoms with Crippen LogP contribution in [0.25, 0.3) is 11.3 Å². The molecule has 0 saturated heterocycles. The van der Waals surface area contributed by atoms with Gasteiger partial charge in [0.1, 0.15) is 5.82 Å². The van der Waals surface area contributed by atoms with Crippen LogP contribution in [-0.2, 0) is 0 Å². The van der Waals surface area contributed by atoms with Crippen LogP contribution in [0.3, 0.4) is 0 Å². The number of hydrogen-bond acceptors (Lipinski definition) is 6. The lowest BCUT2D eigenvalue weighted by molar-refractivity contribution is 1.17. The average molecular weight is 388 g/mol. The van der Waals surface area contributed by atoms with Crippen molar-refractivity contribution in [1.29, 1.82) is 10.5 Å². The normalized spacial score (nSPS) is 9.93. The lowest BCUT2D eigenvalue weighted by Crippen LogP contribution is -2.02. The average Bonchev–Trinajstić information content (AvgIpc) is 2.80. The third-order valence-electron chi connectivity index (χ3n) is 4.31. The SMILES string of the molecule is N#Cc1cccc(Nc2cc(-c3ccccc3)nc(Nc3cccc(C#N)c3)n2)c1. The second-order valence-corrected chi connectivity index (χ2v) is 6.46. The van der Waals surface area contributed by atoms with Crippen LogP contribution in [0.1, 0.15) is 11.1 Å². The van der Waals surface area contributed by atoms with Gasteiger partial charge < -0.3 is 10.6 Å². The van der Waals surface area contributed by atoms with Crippen molar-refractivity contribution < 1.29 is 0 Å². The standard InChI is InChI=1S/C24H16N6/c25-15-17-6-4-10-20(12-17)27-23-14-22(19-8-2-1-3-9-19)29-24(30-23)28-21-11-5-7-18(13-21)16-26/h1-14H,(H2,27,28,29,30). The third kappa shape index (κ3) is 4.41. The number of benzene rings is 3. The van der Waals surface area contributed by atoms with E-state index in [9.17, 15) is 0 Å². The summed E-state index contributed by atoms with van der Waals surface area (Å²) >= 11 is 0. The maximum absolute atomic E-state index is 9.14. The van der Waals surface area contributed by atoms with Gasteiger partial charge in [0.2, 0.25) is 5.95 Å². The summed E-state index contributed by atoms with van der Waals surface area (Å²) in [7, 11) is 0. The predicted molar refractivity (Wildman–Crippen MR) is 116 cm³/mol. The summed E-state index contributed by atoms with van der Waals surface area (Å²) in [4.78, 5) is 9.19. The summed E-state index contributed by atoms with van der Waals surface area (Å²) in [5.41, 5.74) is 4.27. The van der Waals surface area contributed by atoms with Crippen molar-refractivity contribution in [3.8, 4) is 23.4 Å².